The summed E-state index contributed by atoms with van der Waals surface area (Å²) in [5, 5.41) is 6.40. The van der Waals surface area contributed by atoms with E-state index in [1.54, 1.807) is 13.8 Å². The van der Waals surface area contributed by atoms with Crippen LogP contribution in [0.2, 0.25) is 0 Å². The number of nitrogens with zero attached hydrogens (tertiary/aromatic N) is 5. The highest BCUT2D eigenvalue weighted by Crippen LogP contribution is 2.46. The molecule has 0 spiro atoms. The molecular formula is C27H20F7N7O3. The third kappa shape index (κ3) is 5.34. The number of fused-ring (bicyclic) bond motifs is 1. The third-order valence-electron chi connectivity index (χ3n) is 6.70. The van der Waals surface area contributed by atoms with Crippen LogP contribution in [0.15, 0.2) is 59.8 Å². The van der Waals surface area contributed by atoms with Crippen molar-refractivity contribution >= 4 is 16.9 Å². The van der Waals surface area contributed by atoms with Gasteiger partial charge in [-0.25, -0.2) is 23.8 Å². The molecule has 44 heavy (non-hydrogen) atoms. The molecule has 5 heterocycles. The summed E-state index contributed by atoms with van der Waals surface area (Å²) < 4.78 is 109. The maximum absolute atomic E-state index is 15.1. The van der Waals surface area contributed by atoms with Crippen LogP contribution in [0, 0.1) is 5.82 Å². The van der Waals surface area contributed by atoms with Crippen LogP contribution in [0.1, 0.15) is 42.8 Å². The molecule has 6 rings (SSSR count). The minimum atomic E-state index is -5.03. The van der Waals surface area contributed by atoms with Gasteiger partial charge in [0.1, 0.15) is 11.6 Å². The molecule has 10 nitrogen and oxygen atoms in total. The molecule has 4 aromatic heterocycles. The van der Waals surface area contributed by atoms with Crippen LogP contribution in [0.5, 0.6) is 11.5 Å². The molecule has 0 amide bonds. The molecule has 2 atom stereocenters. The van der Waals surface area contributed by atoms with Crippen LogP contribution in [-0.4, -0.2) is 35.5 Å². The number of nitrogens with one attached hydrogen (secondary N) is 2. The second-order valence-corrected chi connectivity index (χ2v) is 10.0. The molecule has 17 heteroatoms. The zero-order valence-corrected chi connectivity index (χ0v) is 22.5. The number of hydrogen-bond donors (Lipinski definition) is 2. The van der Waals surface area contributed by atoms with E-state index in [0.717, 1.165) is 18.5 Å². The summed E-state index contributed by atoms with van der Waals surface area (Å²) >= 11 is 0. The number of aromatic nitrogens is 6. The molecule has 2 unspecified atom stereocenters. The van der Waals surface area contributed by atoms with Gasteiger partial charge < -0.3 is 14.8 Å². The average Bonchev–Trinajstić information content (AvgIpc) is 3.38. The number of H-pyrrole nitrogens is 1. The number of alkyl halides is 6. The van der Waals surface area contributed by atoms with Crippen molar-refractivity contribution in [3.63, 3.8) is 0 Å². The van der Waals surface area contributed by atoms with Gasteiger partial charge in [0.25, 0.3) is 0 Å². The molecular weight excluding hydrogens is 603 g/mol. The Bertz CT molecular complexity index is 1930. The summed E-state index contributed by atoms with van der Waals surface area (Å²) in [5.74, 6) is -1.54. The van der Waals surface area contributed by atoms with Gasteiger partial charge in [0.15, 0.2) is 40.7 Å². The number of imidazole rings is 1. The second kappa shape index (κ2) is 10.4. The SMILES string of the molecule is CC(C)n1c(=O)[nH]c2nccc(Oc3ccc(NC4OC4c4cnn(-c5cc(C(F)(F)F)ccn5)c4C(F)(F)F)cc3F)c21. The van der Waals surface area contributed by atoms with Crippen molar-refractivity contribution in [3.8, 4) is 17.3 Å². The van der Waals surface area contributed by atoms with Crippen molar-refractivity contribution in [2.45, 2.75) is 44.6 Å². The number of hydrogen-bond acceptors (Lipinski definition) is 7. The molecule has 1 saturated heterocycles. The summed E-state index contributed by atoms with van der Waals surface area (Å²) in [5.41, 5.74) is -2.68. The van der Waals surface area contributed by atoms with Crippen molar-refractivity contribution in [3.05, 3.63) is 88.1 Å². The topological polar surface area (TPSA) is 115 Å². The summed E-state index contributed by atoms with van der Waals surface area (Å²) in [6.45, 7) is 3.56. The Hall–Kier alpha value is -4.93. The molecule has 1 aromatic carbocycles. The van der Waals surface area contributed by atoms with Gasteiger partial charge >= 0.3 is 18.0 Å². The number of epoxide rings is 1. The predicted molar refractivity (Wildman–Crippen MR) is 140 cm³/mol. The van der Waals surface area contributed by atoms with Crippen LogP contribution < -0.4 is 15.7 Å². The molecule has 1 aliphatic heterocycles. The molecule has 0 saturated carbocycles. The van der Waals surface area contributed by atoms with E-state index in [1.165, 1.54) is 29.0 Å². The minimum Gasteiger partial charge on any atom is -0.452 e. The van der Waals surface area contributed by atoms with E-state index in [-0.39, 0.29) is 33.6 Å². The molecule has 1 fully saturated rings. The van der Waals surface area contributed by atoms with E-state index in [2.05, 4.69) is 25.4 Å². The van der Waals surface area contributed by atoms with Crippen LogP contribution in [0.3, 0.4) is 0 Å². The van der Waals surface area contributed by atoms with Crippen LogP contribution >= 0.6 is 0 Å². The maximum Gasteiger partial charge on any atom is 0.433 e. The summed E-state index contributed by atoms with van der Waals surface area (Å²) in [6, 6.07) is 6.03. The van der Waals surface area contributed by atoms with Gasteiger partial charge in [0.05, 0.1) is 11.8 Å². The van der Waals surface area contributed by atoms with E-state index >= 15 is 4.39 Å². The number of benzene rings is 1. The largest absolute Gasteiger partial charge is 0.452 e. The van der Waals surface area contributed by atoms with Gasteiger partial charge in [-0.2, -0.15) is 31.4 Å². The first-order valence-electron chi connectivity index (χ1n) is 12.9. The van der Waals surface area contributed by atoms with Crippen LogP contribution in [-0.2, 0) is 17.1 Å². The highest BCUT2D eigenvalue weighted by atomic mass is 19.4. The van der Waals surface area contributed by atoms with Crippen molar-refractivity contribution in [2.75, 3.05) is 5.32 Å². The molecule has 2 N–H and O–H groups in total. The number of pyridine rings is 2. The molecule has 230 valence electrons. The molecule has 0 aliphatic carbocycles. The van der Waals surface area contributed by atoms with Gasteiger partial charge in [-0.3, -0.25) is 9.55 Å². The fourth-order valence-electron chi connectivity index (χ4n) is 4.75. The maximum atomic E-state index is 15.1. The van der Waals surface area contributed by atoms with Gasteiger partial charge in [0.2, 0.25) is 0 Å². The van der Waals surface area contributed by atoms with Gasteiger partial charge in [0, 0.05) is 41.8 Å². The first kappa shape index (κ1) is 29.2. The zero-order chi connectivity index (χ0) is 31.6. The lowest BCUT2D eigenvalue weighted by molar-refractivity contribution is -0.143. The minimum absolute atomic E-state index is 0.142. The molecule has 5 aromatic rings. The quantitative estimate of drug-likeness (QED) is 0.160. The fraction of sp³-hybridized carbons (Fsp3) is 0.259. The Balaban J connectivity index is 1.22. The second-order valence-electron chi connectivity index (χ2n) is 10.0. The lowest BCUT2D eigenvalue weighted by atomic mass is 10.1. The van der Waals surface area contributed by atoms with E-state index in [0.29, 0.717) is 17.6 Å². The van der Waals surface area contributed by atoms with E-state index in [1.807, 2.05) is 0 Å². The number of halogens is 7. The smallest absolute Gasteiger partial charge is 0.433 e. The number of rotatable bonds is 7. The Kier molecular flexibility index (Phi) is 6.86. The zero-order valence-electron chi connectivity index (χ0n) is 22.5. The lowest BCUT2D eigenvalue weighted by Crippen LogP contribution is -2.18. The Morgan fingerprint density at radius 3 is 2.43 bits per heavy atom. The Labute approximate surface area is 242 Å². The number of anilines is 1. The summed E-state index contributed by atoms with van der Waals surface area (Å²) in [6.07, 6.45) is -9.11. The first-order valence-corrected chi connectivity index (χ1v) is 12.9. The van der Waals surface area contributed by atoms with E-state index in [9.17, 15) is 31.1 Å². The molecule has 1 aliphatic rings. The van der Waals surface area contributed by atoms with Crippen LogP contribution in [0.4, 0.5) is 36.4 Å². The van der Waals surface area contributed by atoms with Crippen molar-refractivity contribution in [1.29, 1.82) is 0 Å². The standard InChI is InChI=1S/C27H20F7N7O3/c1-12(2)40-20-18(6-8-36-23(20)39-25(40)42)43-17-4-3-14(10-16(17)28)38-24-21(44-24)15-11-37-41(22(15)27(32,33)34)19-9-13(5-7-35-19)26(29,30)31/h3-12,21,24,38H,1-2H3,(H,36,39,42). The average molecular weight is 623 g/mol. The molecule has 0 bridgehead atoms. The normalized spacial score (nSPS) is 17.0. The molecule has 0 radical (unpaired) electrons. The van der Waals surface area contributed by atoms with E-state index in [4.69, 9.17) is 9.47 Å². The highest BCUT2D eigenvalue weighted by Gasteiger charge is 2.49. The monoisotopic (exact) mass is 623 g/mol. The Morgan fingerprint density at radius 2 is 1.75 bits per heavy atom. The Morgan fingerprint density at radius 1 is 1.00 bits per heavy atom. The lowest BCUT2D eigenvalue weighted by Gasteiger charge is -2.13. The number of aromatic amines is 1. The highest BCUT2D eigenvalue weighted by molar-refractivity contribution is 5.78. The van der Waals surface area contributed by atoms with Crippen molar-refractivity contribution in [1.82, 2.24) is 29.3 Å². The van der Waals surface area contributed by atoms with Crippen LogP contribution in [0.25, 0.3) is 17.0 Å². The fourth-order valence-corrected chi connectivity index (χ4v) is 4.75. The predicted octanol–water partition coefficient (Wildman–Crippen LogP) is 6.36. The third-order valence-corrected chi connectivity index (χ3v) is 6.70. The first-order chi connectivity index (χ1) is 20.7. The van der Waals surface area contributed by atoms with Crippen molar-refractivity contribution < 1.29 is 40.2 Å². The summed E-state index contributed by atoms with van der Waals surface area (Å²) in [7, 11) is 0. The number of ether oxygens (including phenoxy) is 2. The van der Waals surface area contributed by atoms with Gasteiger partial charge in [-0.15, -0.1) is 0 Å². The van der Waals surface area contributed by atoms with Gasteiger partial charge in [-0.05, 0) is 38.1 Å². The summed E-state index contributed by atoms with van der Waals surface area (Å²) in [4.78, 5) is 22.7. The van der Waals surface area contributed by atoms with Crippen molar-refractivity contribution in [2.24, 2.45) is 0 Å². The van der Waals surface area contributed by atoms with E-state index < -0.39 is 58.8 Å². The van der Waals surface area contributed by atoms with Gasteiger partial charge in [-0.1, -0.05) is 0 Å².